The third kappa shape index (κ3) is 4.79. The van der Waals surface area contributed by atoms with Gasteiger partial charge in [-0.25, -0.2) is 13.1 Å². The molecule has 0 aromatic heterocycles. The topological polar surface area (TPSA) is 66.5 Å². The summed E-state index contributed by atoms with van der Waals surface area (Å²) in [4.78, 5) is 15.0. The molecule has 0 radical (unpaired) electrons. The molecule has 176 valence electrons. The van der Waals surface area contributed by atoms with E-state index in [1.807, 2.05) is 60.7 Å². The maximum absolute atomic E-state index is 13.0. The van der Waals surface area contributed by atoms with Crippen molar-refractivity contribution in [1.29, 1.82) is 0 Å². The van der Waals surface area contributed by atoms with Crippen LogP contribution in [0.1, 0.15) is 65.1 Å². The van der Waals surface area contributed by atoms with Crippen molar-refractivity contribution >= 4 is 21.6 Å². The van der Waals surface area contributed by atoms with Crippen molar-refractivity contribution < 1.29 is 13.2 Å². The van der Waals surface area contributed by atoms with Crippen molar-refractivity contribution in [2.45, 2.75) is 55.9 Å². The second kappa shape index (κ2) is 9.72. The van der Waals surface area contributed by atoms with Crippen molar-refractivity contribution in [2.75, 3.05) is 11.4 Å². The smallest absolute Gasteiger partial charge is 0.258 e. The number of anilines is 1. The predicted octanol–water partition coefficient (Wildman–Crippen LogP) is 5.42. The van der Waals surface area contributed by atoms with E-state index in [0.717, 1.165) is 23.2 Å². The molecule has 1 aliphatic heterocycles. The summed E-state index contributed by atoms with van der Waals surface area (Å²) in [5.41, 5.74) is 4.68. The third-order valence-corrected chi connectivity index (χ3v) is 8.46. The van der Waals surface area contributed by atoms with E-state index in [9.17, 15) is 13.2 Å². The summed E-state index contributed by atoms with van der Waals surface area (Å²) in [5, 5.41) is 0. The second-order valence-corrected chi connectivity index (χ2v) is 11.0. The molecule has 0 spiro atoms. The normalized spacial score (nSPS) is 16.4. The van der Waals surface area contributed by atoms with Crippen molar-refractivity contribution in [3.63, 3.8) is 0 Å². The molecular weight excluding hydrogens is 444 g/mol. The van der Waals surface area contributed by atoms with Gasteiger partial charge in [-0.15, -0.1) is 0 Å². The molecule has 0 bridgehead atoms. The Kier molecular flexibility index (Phi) is 6.53. The van der Waals surface area contributed by atoms with Crippen LogP contribution in [0.3, 0.4) is 0 Å². The molecule has 0 saturated heterocycles. The van der Waals surface area contributed by atoms with Crippen LogP contribution in [0.4, 0.5) is 5.69 Å². The Morgan fingerprint density at radius 2 is 1.65 bits per heavy atom. The van der Waals surface area contributed by atoms with Gasteiger partial charge in [0.05, 0.1) is 4.90 Å². The number of benzene rings is 3. The van der Waals surface area contributed by atoms with Crippen LogP contribution >= 0.6 is 0 Å². The van der Waals surface area contributed by atoms with Gasteiger partial charge in [-0.05, 0) is 72.2 Å². The van der Waals surface area contributed by atoms with Crippen LogP contribution in [-0.2, 0) is 23.0 Å². The Balaban J connectivity index is 1.27. The third-order valence-electron chi connectivity index (χ3n) is 7.04. The number of nitrogens with zero attached hydrogens (tertiary/aromatic N) is 1. The lowest BCUT2D eigenvalue weighted by Crippen LogP contribution is -2.29. The molecule has 3 aromatic carbocycles. The predicted molar refractivity (Wildman–Crippen MR) is 135 cm³/mol. The zero-order chi connectivity index (χ0) is 23.5. The number of hydrogen-bond acceptors (Lipinski definition) is 3. The lowest BCUT2D eigenvalue weighted by Gasteiger charge is -2.22. The molecule has 5 rings (SSSR count). The van der Waals surface area contributed by atoms with E-state index in [-0.39, 0.29) is 17.3 Å². The average molecular weight is 475 g/mol. The van der Waals surface area contributed by atoms with Crippen LogP contribution < -0.4 is 9.62 Å². The van der Waals surface area contributed by atoms with E-state index in [2.05, 4.69) is 4.72 Å². The van der Waals surface area contributed by atoms with Gasteiger partial charge >= 0.3 is 0 Å². The Labute approximate surface area is 201 Å². The molecule has 34 heavy (non-hydrogen) atoms. The summed E-state index contributed by atoms with van der Waals surface area (Å²) < 4.78 is 28.5. The van der Waals surface area contributed by atoms with Gasteiger partial charge in [0, 0.05) is 24.3 Å². The number of fused-ring (bicyclic) bond motifs is 1. The number of carbonyl (C=O) groups excluding carboxylic acids is 1. The summed E-state index contributed by atoms with van der Waals surface area (Å²) >= 11 is 0. The molecule has 6 heteroatoms. The van der Waals surface area contributed by atoms with Crippen LogP contribution in [0.15, 0.2) is 77.7 Å². The van der Waals surface area contributed by atoms with Crippen LogP contribution in [0.25, 0.3) is 0 Å². The quantitative estimate of drug-likeness (QED) is 0.519. The van der Waals surface area contributed by atoms with Gasteiger partial charge in [0.1, 0.15) is 0 Å². The van der Waals surface area contributed by atoms with E-state index in [0.29, 0.717) is 18.0 Å². The highest BCUT2D eigenvalue weighted by molar-refractivity contribution is 7.89. The fourth-order valence-corrected chi connectivity index (χ4v) is 6.12. The lowest BCUT2D eigenvalue weighted by atomic mass is 9.84. The number of sulfonamides is 1. The van der Waals surface area contributed by atoms with Gasteiger partial charge in [-0.2, -0.15) is 0 Å². The second-order valence-electron chi connectivity index (χ2n) is 9.26. The van der Waals surface area contributed by atoms with E-state index >= 15 is 0 Å². The number of nitrogens with one attached hydrogen (secondary N) is 1. The molecule has 1 N–H and O–H groups in total. The fraction of sp³-hybridized carbons (Fsp3) is 0.321. The molecular formula is C28H30N2O3S. The molecule has 1 aliphatic carbocycles. The number of amides is 1. The minimum absolute atomic E-state index is 0.0323. The van der Waals surface area contributed by atoms with Crippen molar-refractivity contribution in [3.8, 4) is 0 Å². The van der Waals surface area contributed by atoms with Crippen LogP contribution in [0, 0.1) is 0 Å². The Hall–Kier alpha value is -2.96. The summed E-state index contributed by atoms with van der Waals surface area (Å²) in [6.45, 7) is 0.805. The summed E-state index contributed by atoms with van der Waals surface area (Å²) in [6, 6.07) is 22.5. The average Bonchev–Trinajstić information content (AvgIpc) is 3.31. The Bertz CT molecular complexity index is 1260. The van der Waals surface area contributed by atoms with Gasteiger partial charge in [0.15, 0.2) is 0 Å². The van der Waals surface area contributed by atoms with E-state index in [4.69, 9.17) is 0 Å². The van der Waals surface area contributed by atoms with E-state index < -0.39 is 10.0 Å². The maximum atomic E-state index is 13.0. The molecule has 5 nitrogen and oxygen atoms in total. The highest BCUT2D eigenvalue weighted by Gasteiger charge is 2.26. The Morgan fingerprint density at radius 1 is 0.912 bits per heavy atom. The molecule has 1 saturated carbocycles. The van der Waals surface area contributed by atoms with Gasteiger partial charge in [0.25, 0.3) is 5.91 Å². The van der Waals surface area contributed by atoms with Gasteiger partial charge in [-0.3, -0.25) is 4.79 Å². The number of rotatable bonds is 6. The molecule has 1 heterocycles. The first-order chi connectivity index (χ1) is 16.5. The van der Waals surface area contributed by atoms with Crippen LogP contribution in [0.2, 0.25) is 0 Å². The van der Waals surface area contributed by atoms with E-state index in [1.165, 1.54) is 37.7 Å². The van der Waals surface area contributed by atoms with Crippen LogP contribution in [0.5, 0.6) is 0 Å². The van der Waals surface area contributed by atoms with Crippen molar-refractivity contribution in [2.24, 2.45) is 0 Å². The van der Waals surface area contributed by atoms with Crippen LogP contribution in [-0.4, -0.2) is 20.9 Å². The van der Waals surface area contributed by atoms with Gasteiger partial charge in [0.2, 0.25) is 10.0 Å². The zero-order valence-electron chi connectivity index (χ0n) is 19.2. The molecule has 1 amide bonds. The number of carbonyl (C=O) groups is 1. The van der Waals surface area contributed by atoms with Crippen molar-refractivity contribution in [1.82, 2.24) is 4.72 Å². The monoisotopic (exact) mass is 474 g/mol. The van der Waals surface area contributed by atoms with Crippen molar-refractivity contribution in [3.05, 3.63) is 95.1 Å². The minimum atomic E-state index is -3.62. The summed E-state index contributed by atoms with van der Waals surface area (Å²) in [5.74, 6) is 0.515. The lowest BCUT2D eigenvalue weighted by molar-refractivity contribution is 0.0989. The maximum Gasteiger partial charge on any atom is 0.258 e. The van der Waals surface area contributed by atoms with Gasteiger partial charge in [-0.1, -0.05) is 61.7 Å². The van der Waals surface area contributed by atoms with Gasteiger partial charge < -0.3 is 4.90 Å². The summed E-state index contributed by atoms with van der Waals surface area (Å²) in [7, 11) is -3.62. The molecule has 3 aromatic rings. The molecule has 0 atom stereocenters. The summed E-state index contributed by atoms with van der Waals surface area (Å²) in [6.07, 6.45) is 6.97. The molecule has 2 aliphatic rings. The van der Waals surface area contributed by atoms with E-state index in [1.54, 1.807) is 17.0 Å². The highest BCUT2D eigenvalue weighted by atomic mass is 32.2. The molecule has 0 unspecified atom stereocenters. The first kappa shape index (κ1) is 22.8. The zero-order valence-corrected chi connectivity index (χ0v) is 20.1. The standard InChI is InChI=1S/C28H30N2O3S/c31-28(25-9-5-2-6-10-25)30-18-17-24-12-11-21(19-27(24)30)20-29-34(32,33)26-15-13-23(14-16-26)22-7-3-1-4-8-22/h2,5-6,9-16,19,22,29H,1,3-4,7-8,17-18,20H2. The first-order valence-corrected chi connectivity index (χ1v) is 13.6. The SMILES string of the molecule is O=C(c1ccccc1)N1CCc2ccc(CNS(=O)(=O)c3ccc(C4CCCCC4)cc3)cc21. The fourth-order valence-electron chi connectivity index (χ4n) is 5.10. The first-order valence-electron chi connectivity index (χ1n) is 12.1. The molecule has 1 fully saturated rings. The number of hydrogen-bond donors (Lipinski definition) is 1. The minimum Gasteiger partial charge on any atom is -0.308 e. The Morgan fingerprint density at radius 3 is 2.38 bits per heavy atom. The largest absolute Gasteiger partial charge is 0.308 e. The highest BCUT2D eigenvalue weighted by Crippen LogP contribution is 2.33.